The zero-order valence-corrected chi connectivity index (χ0v) is 14.6. The average molecular weight is 357 g/mol. The number of hydrogen-bond donors (Lipinski definition) is 2. The summed E-state index contributed by atoms with van der Waals surface area (Å²) in [6.45, 7) is 0. The first-order valence-electron chi connectivity index (χ1n) is 8.17. The topological polar surface area (TPSA) is 56.1 Å². The molecule has 5 heteroatoms. The summed E-state index contributed by atoms with van der Waals surface area (Å²) in [6.07, 6.45) is -0.445. The Labute approximate surface area is 156 Å². The van der Waals surface area contributed by atoms with Gasteiger partial charge in [0.2, 0.25) is 0 Å². The third-order valence-corrected chi connectivity index (χ3v) is 4.90. The summed E-state index contributed by atoms with van der Waals surface area (Å²) in [5.74, 6) is -0.414. The van der Waals surface area contributed by atoms with E-state index < -0.39 is 12.1 Å². The fourth-order valence-electron chi connectivity index (χ4n) is 3.25. The van der Waals surface area contributed by atoms with Gasteiger partial charge in [-0.2, -0.15) is 5.26 Å². The minimum Gasteiger partial charge on any atom is -0.327 e. The number of carbonyl (C=O) groups excluding carboxylic acids is 1. The van der Waals surface area contributed by atoms with Gasteiger partial charge >= 0.3 is 0 Å². The van der Waals surface area contributed by atoms with Crippen molar-refractivity contribution >= 4 is 35.0 Å². The first-order valence-corrected chi connectivity index (χ1v) is 8.61. The summed E-state index contributed by atoms with van der Waals surface area (Å²) in [5.41, 5.74) is 1.81. The summed E-state index contributed by atoms with van der Waals surface area (Å²) < 4.78 is 0. The number of hydrogen-bond acceptors (Lipinski definition) is 4. The van der Waals surface area contributed by atoms with E-state index >= 15 is 0 Å². The van der Waals surface area contributed by atoms with Crippen LogP contribution in [0.5, 0.6) is 0 Å². The van der Waals surface area contributed by atoms with Crippen LogP contribution in [0.15, 0.2) is 83.4 Å². The molecular formula is C21H15N3OS. The molecule has 0 aromatic heterocycles. The lowest BCUT2D eigenvalue weighted by molar-refractivity contribution is -0.118. The van der Waals surface area contributed by atoms with E-state index in [0.717, 1.165) is 22.0 Å². The zero-order chi connectivity index (χ0) is 18.1. The smallest absolute Gasteiger partial charge is 0.266 e. The molecule has 0 aliphatic carbocycles. The summed E-state index contributed by atoms with van der Waals surface area (Å²) in [6, 6.07) is 25.6. The van der Waals surface area contributed by atoms with E-state index in [1.54, 1.807) is 0 Å². The van der Waals surface area contributed by atoms with Crippen LogP contribution >= 0.6 is 12.6 Å². The van der Waals surface area contributed by atoms with Crippen LogP contribution in [0.3, 0.4) is 0 Å². The molecule has 0 saturated heterocycles. The normalized spacial score (nSPS) is 17.2. The molecule has 0 fully saturated rings. The standard InChI is InChI=1S/C21H15N3OS/c22-13-17-20(25)23-19(15-8-2-1-3-9-15)24(21(17)26)18-12-6-10-14-7-4-5-11-16(14)18/h1-12,19,26H,(H,23,25)/t19-/m1/s1. The summed E-state index contributed by atoms with van der Waals surface area (Å²) in [4.78, 5) is 14.3. The van der Waals surface area contributed by atoms with E-state index in [-0.39, 0.29) is 5.57 Å². The number of nitrogens with one attached hydrogen (secondary N) is 1. The van der Waals surface area contributed by atoms with Crippen LogP contribution in [0.2, 0.25) is 0 Å². The van der Waals surface area contributed by atoms with E-state index in [4.69, 9.17) is 0 Å². The lowest BCUT2D eigenvalue weighted by atomic mass is 10.0. The van der Waals surface area contributed by atoms with E-state index in [1.165, 1.54) is 0 Å². The molecule has 1 aliphatic rings. The molecule has 0 saturated carbocycles. The van der Waals surface area contributed by atoms with Gasteiger partial charge in [-0.05, 0) is 17.0 Å². The largest absolute Gasteiger partial charge is 0.327 e. The maximum Gasteiger partial charge on any atom is 0.266 e. The van der Waals surface area contributed by atoms with Gasteiger partial charge < -0.3 is 10.2 Å². The predicted molar refractivity (Wildman–Crippen MR) is 105 cm³/mol. The second kappa shape index (κ2) is 6.58. The maximum absolute atomic E-state index is 12.4. The third kappa shape index (κ3) is 2.61. The molecule has 4 nitrogen and oxygen atoms in total. The Kier molecular flexibility index (Phi) is 4.11. The highest BCUT2D eigenvalue weighted by atomic mass is 32.1. The van der Waals surface area contributed by atoms with Gasteiger partial charge in [-0.1, -0.05) is 66.7 Å². The highest BCUT2D eigenvalue weighted by molar-refractivity contribution is 7.84. The van der Waals surface area contributed by atoms with Crippen molar-refractivity contribution in [2.75, 3.05) is 4.90 Å². The van der Waals surface area contributed by atoms with Gasteiger partial charge in [0, 0.05) is 5.39 Å². The van der Waals surface area contributed by atoms with Crippen molar-refractivity contribution in [2.45, 2.75) is 6.17 Å². The molecule has 126 valence electrons. The van der Waals surface area contributed by atoms with Crippen molar-refractivity contribution in [3.63, 3.8) is 0 Å². The first-order chi connectivity index (χ1) is 12.7. The Morgan fingerprint density at radius 1 is 0.962 bits per heavy atom. The number of nitrogens with zero attached hydrogens (tertiary/aromatic N) is 2. The molecule has 1 N–H and O–H groups in total. The van der Waals surface area contributed by atoms with Crippen molar-refractivity contribution < 1.29 is 4.79 Å². The van der Waals surface area contributed by atoms with Crippen molar-refractivity contribution in [1.82, 2.24) is 5.32 Å². The number of carbonyl (C=O) groups is 1. The van der Waals surface area contributed by atoms with Crippen molar-refractivity contribution in [3.8, 4) is 6.07 Å². The Hall–Kier alpha value is -3.23. The van der Waals surface area contributed by atoms with Gasteiger partial charge in [-0.25, -0.2) is 0 Å². The number of amides is 1. The van der Waals surface area contributed by atoms with Crippen LogP contribution in [-0.4, -0.2) is 5.91 Å². The fourth-order valence-corrected chi connectivity index (χ4v) is 3.62. The predicted octanol–water partition coefficient (Wildman–Crippen LogP) is 4.14. The van der Waals surface area contributed by atoms with E-state index in [9.17, 15) is 10.1 Å². The van der Waals surface area contributed by atoms with Gasteiger partial charge in [-0.15, -0.1) is 12.6 Å². The van der Waals surface area contributed by atoms with Crippen LogP contribution in [0.4, 0.5) is 5.69 Å². The quantitative estimate of drug-likeness (QED) is 0.678. The number of thiol groups is 1. The molecule has 0 spiro atoms. The summed E-state index contributed by atoms with van der Waals surface area (Å²) in [5, 5.41) is 14.8. The first kappa shape index (κ1) is 16.2. The second-order valence-corrected chi connectivity index (χ2v) is 6.39. The SMILES string of the molecule is N#CC1=C(S)N(c2cccc3ccccc23)[C@H](c2ccccc2)NC1=O. The van der Waals surface area contributed by atoms with E-state index in [2.05, 4.69) is 17.9 Å². The Morgan fingerprint density at radius 3 is 2.42 bits per heavy atom. The molecule has 0 bridgehead atoms. The van der Waals surface area contributed by atoms with Gasteiger partial charge in [0.15, 0.2) is 0 Å². The molecule has 3 aromatic carbocycles. The molecule has 0 unspecified atom stereocenters. The fraction of sp³-hybridized carbons (Fsp3) is 0.0476. The second-order valence-electron chi connectivity index (χ2n) is 5.97. The maximum atomic E-state index is 12.4. The molecule has 1 heterocycles. The molecule has 4 rings (SSSR count). The third-order valence-electron chi connectivity index (χ3n) is 4.46. The molecule has 3 aromatic rings. The number of anilines is 1. The monoisotopic (exact) mass is 357 g/mol. The van der Waals surface area contributed by atoms with Crippen molar-refractivity contribution in [2.24, 2.45) is 0 Å². The Morgan fingerprint density at radius 2 is 1.65 bits per heavy atom. The molecule has 1 aliphatic heterocycles. The Bertz CT molecular complexity index is 1060. The molecule has 1 atom stereocenters. The zero-order valence-electron chi connectivity index (χ0n) is 13.8. The average Bonchev–Trinajstić information content (AvgIpc) is 2.68. The number of fused-ring (bicyclic) bond motifs is 1. The van der Waals surface area contributed by atoms with Crippen LogP contribution in [0.1, 0.15) is 11.7 Å². The van der Waals surface area contributed by atoms with Gasteiger partial charge in [0.1, 0.15) is 17.8 Å². The van der Waals surface area contributed by atoms with Crippen LogP contribution in [-0.2, 0) is 4.79 Å². The van der Waals surface area contributed by atoms with Crippen molar-refractivity contribution in [1.29, 1.82) is 5.26 Å². The Balaban J connectivity index is 1.98. The highest BCUT2D eigenvalue weighted by Crippen LogP contribution is 2.39. The van der Waals surface area contributed by atoms with Crippen molar-refractivity contribution in [3.05, 3.63) is 89.0 Å². The van der Waals surface area contributed by atoms with Gasteiger partial charge in [-0.3, -0.25) is 4.79 Å². The van der Waals surface area contributed by atoms with Crippen LogP contribution in [0, 0.1) is 11.3 Å². The molecular weight excluding hydrogens is 342 g/mol. The lowest BCUT2D eigenvalue weighted by Crippen LogP contribution is -2.46. The number of nitriles is 1. The van der Waals surface area contributed by atoms with Gasteiger partial charge in [0.05, 0.1) is 10.7 Å². The van der Waals surface area contributed by atoms with Gasteiger partial charge in [0.25, 0.3) is 5.91 Å². The lowest BCUT2D eigenvalue weighted by Gasteiger charge is -2.38. The molecule has 1 amide bonds. The molecule has 0 radical (unpaired) electrons. The molecule has 26 heavy (non-hydrogen) atoms. The van der Waals surface area contributed by atoms with Crippen LogP contribution < -0.4 is 10.2 Å². The number of rotatable bonds is 2. The van der Waals surface area contributed by atoms with Crippen LogP contribution in [0.25, 0.3) is 10.8 Å². The minimum atomic E-state index is -0.445. The minimum absolute atomic E-state index is 0.00782. The van der Waals surface area contributed by atoms with E-state index in [1.807, 2.05) is 83.8 Å². The summed E-state index contributed by atoms with van der Waals surface area (Å²) >= 11 is 4.56. The summed E-state index contributed by atoms with van der Waals surface area (Å²) in [7, 11) is 0. The van der Waals surface area contributed by atoms with E-state index in [0.29, 0.717) is 5.03 Å². The number of benzene rings is 3. The highest BCUT2D eigenvalue weighted by Gasteiger charge is 2.34.